The summed E-state index contributed by atoms with van der Waals surface area (Å²) in [6.45, 7) is 4.00. The van der Waals surface area contributed by atoms with Crippen LogP contribution in [0.25, 0.3) is 11.6 Å². The van der Waals surface area contributed by atoms with E-state index in [1.165, 1.54) is 6.33 Å². The number of hydrogen-bond donors (Lipinski definition) is 2. The standard InChI is InChI=1S/C16H18N6O2/c1-10-5-3-4-6-12(10)11(2)19-13(23)7-8-14-20-16(22-24-14)15-17-9-18-21-15/h3-6,9,11H,7-8H2,1-2H3,(H,19,23)(H,17,18,21)/t11-/m0/s1. The van der Waals surface area contributed by atoms with Gasteiger partial charge in [0.15, 0.2) is 5.82 Å². The lowest BCUT2D eigenvalue weighted by Crippen LogP contribution is -2.27. The van der Waals surface area contributed by atoms with E-state index in [9.17, 15) is 4.79 Å². The number of carbonyl (C=O) groups is 1. The molecule has 0 fully saturated rings. The van der Waals surface area contributed by atoms with Gasteiger partial charge in [-0.2, -0.15) is 10.1 Å². The molecule has 3 rings (SSSR count). The number of amides is 1. The fraction of sp³-hybridized carbons (Fsp3) is 0.312. The first-order valence-corrected chi connectivity index (χ1v) is 7.66. The largest absolute Gasteiger partial charge is 0.350 e. The Kier molecular flexibility index (Phi) is 4.64. The summed E-state index contributed by atoms with van der Waals surface area (Å²) in [4.78, 5) is 20.2. The SMILES string of the molecule is Cc1ccccc1[C@H](C)NC(=O)CCc1nc(-c2ncn[nH]2)no1. The van der Waals surface area contributed by atoms with E-state index < -0.39 is 0 Å². The van der Waals surface area contributed by atoms with Gasteiger partial charge in [0.1, 0.15) is 6.33 Å². The molecule has 0 spiro atoms. The zero-order chi connectivity index (χ0) is 16.9. The number of aromatic amines is 1. The minimum atomic E-state index is -0.0647. The van der Waals surface area contributed by atoms with E-state index in [4.69, 9.17) is 4.52 Å². The van der Waals surface area contributed by atoms with Gasteiger partial charge in [0.2, 0.25) is 17.6 Å². The van der Waals surface area contributed by atoms with Gasteiger partial charge in [-0.05, 0) is 25.0 Å². The van der Waals surface area contributed by atoms with Crippen molar-refractivity contribution in [3.63, 3.8) is 0 Å². The number of aromatic nitrogens is 5. The van der Waals surface area contributed by atoms with Gasteiger partial charge in [-0.25, -0.2) is 4.98 Å². The molecule has 8 nitrogen and oxygen atoms in total. The second kappa shape index (κ2) is 7.03. The van der Waals surface area contributed by atoms with Gasteiger partial charge in [0, 0.05) is 12.8 Å². The summed E-state index contributed by atoms with van der Waals surface area (Å²) >= 11 is 0. The van der Waals surface area contributed by atoms with Crippen LogP contribution in [-0.2, 0) is 11.2 Å². The molecule has 0 bridgehead atoms. The van der Waals surface area contributed by atoms with Gasteiger partial charge in [0.25, 0.3) is 0 Å². The number of carbonyl (C=O) groups excluding carboxylic acids is 1. The number of aryl methyl sites for hydroxylation is 2. The minimum Gasteiger partial charge on any atom is -0.350 e. The van der Waals surface area contributed by atoms with Crippen molar-refractivity contribution in [2.45, 2.75) is 32.7 Å². The molecule has 124 valence electrons. The van der Waals surface area contributed by atoms with Crippen molar-refractivity contribution in [3.05, 3.63) is 47.6 Å². The number of nitrogens with one attached hydrogen (secondary N) is 2. The first-order valence-electron chi connectivity index (χ1n) is 7.66. The summed E-state index contributed by atoms with van der Waals surface area (Å²) in [5, 5.41) is 13.2. The van der Waals surface area contributed by atoms with Crippen LogP contribution in [0.15, 0.2) is 35.1 Å². The molecule has 24 heavy (non-hydrogen) atoms. The van der Waals surface area contributed by atoms with Crippen LogP contribution >= 0.6 is 0 Å². The molecule has 2 N–H and O–H groups in total. The molecular weight excluding hydrogens is 308 g/mol. The number of benzene rings is 1. The third kappa shape index (κ3) is 3.65. The fourth-order valence-corrected chi connectivity index (χ4v) is 2.45. The number of nitrogens with zero attached hydrogens (tertiary/aromatic N) is 4. The molecule has 0 saturated heterocycles. The lowest BCUT2D eigenvalue weighted by Gasteiger charge is -2.16. The van der Waals surface area contributed by atoms with Crippen molar-refractivity contribution < 1.29 is 9.32 Å². The Hall–Kier alpha value is -3.03. The molecule has 1 amide bonds. The van der Waals surface area contributed by atoms with Crippen molar-refractivity contribution in [1.82, 2.24) is 30.6 Å². The number of H-pyrrole nitrogens is 1. The highest BCUT2D eigenvalue weighted by atomic mass is 16.5. The maximum absolute atomic E-state index is 12.1. The van der Waals surface area contributed by atoms with E-state index in [1.54, 1.807) is 0 Å². The highest BCUT2D eigenvalue weighted by Gasteiger charge is 2.14. The predicted octanol–water partition coefficient (Wildman–Crippen LogP) is 1.97. The van der Waals surface area contributed by atoms with Gasteiger partial charge >= 0.3 is 0 Å². The molecule has 0 saturated carbocycles. The van der Waals surface area contributed by atoms with Crippen LogP contribution < -0.4 is 5.32 Å². The number of rotatable bonds is 6. The van der Waals surface area contributed by atoms with Crippen molar-refractivity contribution in [1.29, 1.82) is 0 Å². The second-order valence-electron chi connectivity index (χ2n) is 5.49. The molecular formula is C16H18N6O2. The minimum absolute atomic E-state index is 0.0499. The molecule has 1 aromatic carbocycles. The second-order valence-corrected chi connectivity index (χ2v) is 5.49. The highest BCUT2D eigenvalue weighted by molar-refractivity contribution is 5.76. The van der Waals surface area contributed by atoms with Crippen molar-refractivity contribution in [2.24, 2.45) is 0 Å². The Morgan fingerprint density at radius 1 is 1.38 bits per heavy atom. The number of hydrogen-bond acceptors (Lipinski definition) is 6. The van der Waals surface area contributed by atoms with Crippen molar-refractivity contribution in [3.8, 4) is 11.6 Å². The zero-order valence-corrected chi connectivity index (χ0v) is 13.5. The average Bonchev–Trinajstić information content (AvgIpc) is 3.24. The molecule has 0 aliphatic heterocycles. The average molecular weight is 326 g/mol. The molecule has 0 aliphatic carbocycles. The lowest BCUT2D eigenvalue weighted by molar-refractivity contribution is -0.121. The Morgan fingerprint density at radius 3 is 2.96 bits per heavy atom. The Bertz CT molecular complexity index is 812. The van der Waals surface area contributed by atoms with Crippen LogP contribution in [0, 0.1) is 6.92 Å². The Labute approximate surface area is 138 Å². The maximum atomic E-state index is 12.1. The quantitative estimate of drug-likeness (QED) is 0.716. The molecule has 3 aromatic rings. The highest BCUT2D eigenvalue weighted by Crippen LogP contribution is 2.17. The topological polar surface area (TPSA) is 110 Å². The van der Waals surface area contributed by atoms with Crippen LogP contribution in [0.2, 0.25) is 0 Å². The Balaban J connectivity index is 1.53. The predicted molar refractivity (Wildman–Crippen MR) is 85.7 cm³/mol. The summed E-state index contributed by atoms with van der Waals surface area (Å²) in [6, 6.07) is 7.94. The summed E-state index contributed by atoms with van der Waals surface area (Å²) in [7, 11) is 0. The first kappa shape index (κ1) is 15.9. The van der Waals surface area contributed by atoms with Crippen LogP contribution in [-0.4, -0.2) is 31.2 Å². The van der Waals surface area contributed by atoms with Gasteiger partial charge in [-0.15, -0.1) is 0 Å². The molecule has 8 heteroatoms. The third-order valence-corrected chi connectivity index (χ3v) is 3.69. The summed E-state index contributed by atoms with van der Waals surface area (Å²) in [6.07, 6.45) is 2.01. The normalized spacial score (nSPS) is 12.1. The van der Waals surface area contributed by atoms with Crippen molar-refractivity contribution in [2.75, 3.05) is 0 Å². The van der Waals surface area contributed by atoms with Crippen LogP contribution in [0.4, 0.5) is 0 Å². The van der Waals surface area contributed by atoms with Gasteiger partial charge in [-0.3, -0.25) is 9.89 Å². The van der Waals surface area contributed by atoms with E-state index in [1.807, 2.05) is 38.1 Å². The molecule has 2 aromatic heterocycles. The fourth-order valence-electron chi connectivity index (χ4n) is 2.45. The third-order valence-electron chi connectivity index (χ3n) is 3.69. The summed E-state index contributed by atoms with van der Waals surface area (Å²) < 4.78 is 5.12. The zero-order valence-electron chi connectivity index (χ0n) is 13.5. The van der Waals surface area contributed by atoms with E-state index >= 15 is 0 Å². The van der Waals surface area contributed by atoms with Crippen LogP contribution in [0.3, 0.4) is 0 Å². The molecule has 0 unspecified atom stereocenters. The van der Waals surface area contributed by atoms with Crippen LogP contribution in [0.1, 0.15) is 36.4 Å². The monoisotopic (exact) mass is 326 g/mol. The van der Waals surface area contributed by atoms with E-state index in [2.05, 4.69) is 30.6 Å². The van der Waals surface area contributed by atoms with Crippen molar-refractivity contribution >= 4 is 5.91 Å². The van der Waals surface area contributed by atoms with E-state index in [0.29, 0.717) is 24.0 Å². The molecule has 1 atom stereocenters. The first-order chi connectivity index (χ1) is 11.6. The van der Waals surface area contributed by atoms with Gasteiger partial charge < -0.3 is 9.84 Å². The van der Waals surface area contributed by atoms with Gasteiger partial charge in [-0.1, -0.05) is 29.4 Å². The van der Waals surface area contributed by atoms with Gasteiger partial charge in [0.05, 0.1) is 6.04 Å². The molecule has 0 radical (unpaired) electrons. The van der Waals surface area contributed by atoms with Crippen LogP contribution in [0.5, 0.6) is 0 Å². The van der Waals surface area contributed by atoms with E-state index in [-0.39, 0.29) is 18.4 Å². The molecule has 0 aliphatic rings. The lowest BCUT2D eigenvalue weighted by atomic mass is 10.0. The summed E-state index contributed by atoms with van der Waals surface area (Å²) in [5.74, 6) is 1.09. The van der Waals surface area contributed by atoms with E-state index in [0.717, 1.165) is 11.1 Å². The molecule has 2 heterocycles. The smallest absolute Gasteiger partial charge is 0.239 e. The Morgan fingerprint density at radius 2 is 2.21 bits per heavy atom. The summed E-state index contributed by atoms with van der Waals surface area (Å²) in [5.41, 5.74) is 2.26. The maximum Gasteiger partial charge on any atom is 0.239 e.